The summed E-state index contributed by atoms with van der Waals surface area (Å²) in [6.45, 7) is 3.25. The summed E-state index contributed by atoms with van der Waals surface area (Å²) in [5.74, 6) is 1.02. The van der Waals surface area contributed by atoms with Gasteiger partial charge >= 0.3 is 0 Å². The summed E-state index contributed by atoms with van der Waals surface area (Å²) in [7, 11) is 3.77. The van der Waals surface area contributed by atoms with E-state index in [1.54, 1.807) is 7.11 Å². The molecule has 2 saturated heterocycles. The van der Waals surface area contributed by atoms with Crippen molar-refractivity contribution in [3.63, 3.8) is 0 Å². The average Bonchev–Trinajstić information content (AvgIpc) is 2.69. The van der Waals surface area contributed by atoms with Gasteiger partial charge < -0.3 is 19.9 Å². The second-order valence-corrected chi connectivity index (χ2v) is 7.76. The average molecular weight is 373 g/mol. The van der Waals surface area contributed by atoms with Crippen LogP contribution in [0.2, 0.25) is 0 Å². The molecule has 0 aliphatic carbocycles. The monoisotopic (exact) mass is 373 g/mol. The lowest BCUT2D eigenvalue weighted by Gasteiger charge is -2.34. The molecule has 0 radical (unpaired) electrons. The highest BCUT2D eigenvalue weighted by atomic mass is 16.5. The Morgan fingerprint density at radius 2 is 1.89 bits per heavy atom. The Morgan fingerprint density at radius 1 is 1.19 bits per heavy atom. The van der Waals surface area contributed by atoms with Gasteiger partial charge in [-0.2, -0.15) is 0 Å². The van der Waals surface area contributed by atoms with Gasteiger partial charge in [-0.3, -0.25) is 9.59 Å². The zero-order chi connectivity index (χ0) is 19.2. The molecule has 2 amide bonds. The number of rotatable bonds is 6. The summed E-state index contributed by atoms with van der Waals surface area (Å²) >= 11 is 0. The first-order valence-electron chi connectivity index (χ1n) is 9.95. The van der Waals surface area contributed by atoms with Gasteiger partial charge in [0.2, 0.25) is 11.8 Å². The van der Waals surface area contributed by atoms with Crippen molar-refractivity contribution >= 4 is 11.8 Å². The predicted molar refractivity (Wildman–Crippen MR) is 105 cm³/mol. The Balaban J connectivity index is 1.49. The molecular formula is C21H31N3O3. The molecule has 1 N–H and O–H groups in total. The lowest BCUT2D eigenvalue weighted by atomic mass is 9.95. The summed E-state index contributed by atoms with van der Waals surface area (Å²) in [6.07, 6.45) is 3.94. The number of likely N-dealkylation sites (tertiary alicyclic amines) is 2. The molecule has 27 heavy (non-hydrogen) atoms. The van der Waals surface area contributed by atoms with Crippen LogP contribution >= 0.6 is 0 Å². The normalized spacial score (nSPS) is 21.9. The smallest absolute Gasteiger partial charge is 0.225 e. The van der Waals surface area contributed by atoms with Crippen LogP contribution in [-0.2, 0) is 16.0 Å². The van der Waals surface area contributed by atoms with E-state index in [0.717, 1.165) is 38.1 Å². The fourth-order valence-electron chi connectivity index (χ4n) is 3.87. The predicted octanol–water partition coefficient (Wildman–Crippen LogP) is 1.69. The summed E-state index contributed by atoms with van der Waals surface area (Å²) in [5.41, 5.74) is 1.17. The van der Waals surface area contributed by atoms with Crippen LogP contribution in [0.1, 0.15) is 31.2 Å². The molecule has 2 aliphatic heterocycles. The Kier molecular flexibility index (Phi) is 6.72. The number of hydrogen-bond acceptors (Lipinski definition) is 4. The molecular weight excluding hydrogens is 342 g/mol. The van der Waals surface area contributed by atoms with Crippen molar-refractivity contribution < 1.29 is 14.3 Å². The van der Waals surface area contributed by atoms with Crippen LogP contribution in [0.4, 0.5) is 0 Å². The molecule has 0 saturated carbocycles. The Labute approximate surface area is 161 Å². The quantitative estimate of drug-likeness (QED) is 0.824. The maximum Gasteiger partial charge on any atom is 0.225 e. The number of hydrogen-bond donors (Lipinski definition) is 1. The van der Waals surface area contributed by atoms with Crippen molar-refractivity contribution in [3.8, 4) is 5.75 Å². The summed E-state index contributed by atoms with van der Waals surface area (Å²) in [4.78, 5) is 29.1. The van der Waals surface area contributed by atoms with Crippen molar-refractivity contribution in [2.75, 3.05) is 40.3 Å². The van der Waals surface area contributed by atoms with E-state index in [4.69, 9.17) is 4.74 Å². The van der Waals surface area contributed by atoms with Gasteiger partial charge in [-0.15, -0.1) is 0 Å². The van der Waals surface area contributed by atoms with E-state index in [2.05, 4.69) is 17.3 Å². The van der Waals surface area contributed by atoms with Gasteiger partial charge in [-0.25, -0.2) is 0 Å². The molecule has 2 aliphatic rings. The van der Waals surface area contributed by atoms with Gasteiger partial charge in [0.25, 0.3) is 0 Å². The molecule has 1 atom stereocenters. The van der Waals surface area contributed by atoms with Crippen LogP contribution in [-0.4, -0.2) is 68.0 Å². The van der Waals surface area contributed by atoms with Crippen LogP contribution in [0.25, 0.3) is 0 Å². The van der Waals surface area contributed by atoms with Gasteiger partial charge in [-0.05, 0) is 63.5 Å². The van der Waals surface area contributed by atoms with Crippen LogP contribution < -0.4 is 10.1 Å². The molecule has 6 nitrogen and oxygen atoms in total. The van der Waals surface area contributed by atoms with E-state index in [9.17, 15) is 9.59 Å². The van der Waals surface area contributed by atoms with Gasteiger partial charge in [-0.1, -0.05) is 12.1 Å². The molecule has 0 aromatic heterocycles. The Bertz CT molecular complexity index is 639. The van der Waals surface area contributed by atoms with Crippen molar-refractivity contribution in [2.45, 2.75) is 38.1 Å². The molecule has 1 aromatic rings. The zero-order valence-electron chi connectivity index (χ0n) is 16.4. The van der Waals surface area contributed by atoms with Crippen molar-refractivity contribution in [1.29, 1.82) is 0 Å². The van der Waals surface area contributed by atoms with Crippen molar-refractivity contribution in [2.24, 2.45) is 5.92 Å². The number of nitrogens with zero attached hydrogens (tertiary/aromatic N) is 2. The minimum absolute atomic E-state index is 0.0850. The minimum Gasteiger partial charge on any atom is -0.497 e. The SMILES string of the molecule is COc1ccc(CCN2C[C@H](C(=O)NC3CCN(C)CC3)CCC2=O)cc1. The number of amides is 2. The van der Waals surface area contributed by atoms with Crippen molar-refractivity contribution in [3.05, 3.63) is 29.8 Å². The van der Waals surface area contributed by atoms with Crippen LogP contribution in [0.3, 0.4) is 0 Å². The second kappa shape index (κ2) is 9.22. The first-order chi connectivity index (χ1) is 13.0. The van der Waals surface area contributed by atoms with Gasteiger partial charge in [0.05, 0.1) is 13.0 Å². The molecule has 0 spiro atoms. The third kappa shape index (κ3) is 5.45. The number of piperidine rings is 2. The molecule has 3 rings (SSSR count). The van der Waals surface area contributed by atoms with E-state index < -0.39 is 0 Å². The van der Waals surface area contributed by atoms with E-state index in [1.807, 2.05) is 29.2 Å². The van der Waals surface area contributed by atoms with Crippen LogP contribution in [0.15, 0.2) is 24.3 Å². The van der Waals surface area contributed by atoms with Crippen LogP contribution in [0, 0.1) is 5.92 Å². The third-order valence-electron chi connectivity index (χ3n) is 5.77. The highest BCUT2D eigenvalue weighted by molar-refractivity contribution is 5.84. The van der Waals surface area contributed by atoms with Crippen molar-refractivity contribution in [1.82, 2.24) is 15.1 Å². The summed E-state index contributed by atoms with van der Waals surface area (Å²) in [6, 6.07) is 8.20. The van der Waals surface area contributed by atoms with E-state index in [-0.39, 0.29) is 23.8 Å². The fourth-order valence-corrected chi connectivity index (χ4v) is 3.87. The highest BCUT2D eigenvalue weighted by Crippen LogP contribution is 2.20. The first kappa shape index (κ1) is 19.7. The lowest BCUT2D eigenvalue weighted by Crippen LogP contribution is -2.50. The largest absolute Gasteiger partial charge is 0.497 e. The van der Waals surface area contributed by atoms with Gasteiger partial charge in [0, 0.05) is 25.6 Å². The maximum absolute atomic E-state index is 12.7. The van der Waals surface area contributed by atoms with Gasteiger partial charge in [0.15, 0.2) is 0 Å². The summed E-state index contributed by atoms with van der Waals surface area (Å²) in [5, 5.41) is 3.21. The van der Waals surface area contributed by atoms with E-state index in [0.29, 0.717) is 25.9 Å². The van der Waals surface area contributed by atoms with Gasteiger partial charge in [0.1, 0.15) is 5.75 Å². The number of nitrogens with one attached hydrogen (secondary N) is 1. The van der Waals surface area contributed by atoms with Crippen LogP contribution in [0.5, 0.6) is 5.75 Å². The first-order valence-corrected chi connectivity index (χ1v) is 9.95. The minimum atomic E-state index is -0.0850. The standard InChI is InChI=1S/C21H31N3O3/c1-23-12-10-18(11-13-23)22-21(26)17-5-8-20(25)24(15-17)14-9-16-3-6-19(27-2)7-4-16/h3-4,6-7,17-18H,5,8-15H2,1-2H3,(H,22,26)/t17-/m1/s1. The molecule has 0 bridgehead atoms. The van der Waals surface area contributed by atoms with E-state index >= 15 is 0 Å². The molecule has 1 aromatic carbocycles. The molecule has 6 heteroatoms. The number of carbonyl (C=O) groups is 2. The van der Waals surface area contributed by atoms with E-state index in [1.165, 1.54) is 5.56 Å². The molecule has 148 valence electrons. The molecule has 2 fully saturated rings. The number of benzene rings is 1. The lowest BCUT2D eigenvalue weighted by molar-refractivity contribution is -0.138. The zero-order valence-corrected chi connectivity index (χ0v) is 16.4. The molecule has 2 heterocycles. The summed E-state index contributed by atoms with van der Waals surface area (Å²) < 4.78 is 5.18. The Morgan fingerprint density at radius 3 is 2.56 bits per heavy atom. The number of ether oxygens (including phenoxy) is 1. The molecule has 0 unspecified atom stereocenters. The highest BCUT2D eigenvalue weighted by Gasteiger charge is 2.31. The maximum atomic E-state index is 12.7. The topological polar surface area (TPSA) is 61.9 Å². The third-order valence-corrected chi connectivity index (χ3v) is 5.77. The fraction of sp³-hybridized carbons (Fsp3) is 0.619. The second-order valence-electron chi connectivity index (χ2n) is 7.76. The Hall–Kier alpha value is -2.08. The number of carbonyl (C=O) groups excluding carboxylic acids is 2. The number of methoxy groups -OCH3 is 1.